The second-order valence-electron chi connectivity index (χ2n) is 3.43. The van der Waals surface area contributed by atoms with Gasteiger partial charge in [-0.15, -0.1) is 0 Å². The van der Waals surface area contributed by atoms with E-state index < -0.39 is 6.04 Å². The topological polar surface area (TPSA) is 58.6 Å². The predicted molar refractivity (Wildman–Crippen MR) is 69.4 cm³/mol. The van der Waals surface area contributed by atoms with Crippen LogP contribution in [0, 0.1) is 0 Å². The molecule has 1 rings (SSSR count). The van der Waals surface area contributed by atoms with Crippen LogP contribution in [0.2, 0.25) is 5.02 Å². The molecular weight excluding hydrogens is 309 g/mol. The van der Waals surface area contributed by atoms with Crippen molar-refractivity contribution in [2.75, 3.05) is 20.3 Å². The third-order valence-corrected chi connectivity index (χ3v) is 2.91. The van der Waals surface area contributed by atoms with Gasteiger partial charge in [0.05, 0.1) is 29.8 Å². The van der Waals surface area contributed by atoms with Gasteiger partial charge in [-0.25, -0.2) is 0 Å². The van der Waals surface area contributed by atoms with Gasteiger partial charge in [-0.1, -0.05) is 27.5 Å². The Bertz CT molecular complexity index is 400. The van der Waals surface area contributed by atoms with Crippen LogP contribution in [-0.4, -0.2) is 37.4 Å². The summed E-state index contributed by atoms with van der Waals surface area (Å²) in [6.45, 7) is 0.0596. The van der Waals surface area contributed by atoms with Crippen LogP contribution in [0.4, 0.5) is 0 Å². The van der Waals surface area contributed by atoms with Gasteiger partial charge in [0.2, 0.25) is 0 Å². The summed E-state index contributed by atoms with van der Waals surface area (Å²) >= 11 is 9.20. The van der Waals surface area contributed by atoms with Crippen molar-refractivity contribution in [3.05, 3.63) is 33.3 Å². The lowest BCUT2D eigenvalue weighted by atomic mass is 10.2. The Kier molecular flexibility index (Phi) is 5.91. The van der Waals surface area contributed by atoms with E-state index in [-0.39, 0.29) is 19.1 Å². The first-order chi connectivity index (χ1) is 8.08. The van der Waals surface area contributed by atoms with Gasteiger partial charge < -0.3 is 15.2 Å². The molecule has 0 aliphatic heterocycles. The number of ether oxygens (including phenoxy) is 1. The van der Waals surface area contributed by atoms with Crippen molar-refractivity contribution >= 4 is 33.4 Å². The zero-order valence-electron chi connectivity index (χ0n) is 9.24. The van der Waals surface area contributed by atoms with Crippen molar-refractivity contribution in [1.82, 2.24) is 5.32 Å². The average molecular weight is 323 g/mol. The smallest absolute Gasteiger partial charge is 0.253 e. The fourth-order valence-electron chi connectivity index (χ4n) is 1.28. The number of aliphatic hydroxyl groups excluding tert-OH is 1. The molecule has 17 heavy (non-hydrogen) atoms. The summed E-state index contributed by atoms with van der Waals surface area (Å²) in [7, 11) is 1.50. The predicted octanol–water partition coefficient (Wildman–Crippen LogP) is 1.84. The Labute approximate surface area is 113 Å². The van der Waals surface area contributed by atoms with E-state index in [1.165, 1.54) is 7.11 Å². The highest BCUT2D eigenvalue weighted by atomic mass is 79.9. The molecule has 0 heterocycles. The van der Waals surface area contributed by atoms with Gasteiger partial charge in [-0.2, -0.15) is 0 Å². The fourth-order valence-corrected chi connectivity index (χ4v) is 2.04. The van der Waals surface area contributed by atoms with E-state index in [4.69, 9.17) is 21.4 Å². The number of rotatable bonds is 5. The molecule has 1 unspecified atom stereocenters. The first-order valence-electron chi connectivity index (χ1n) is 4.94. The highest BCUT2D eigenvalue weighted by molar-refractivity contribution is 9.10. The number of halogens is 2. The third-order valence-electron chi connectivity index (χ3n) is 2.10. The van der Waals surface area contributed by atoms with Crippen molar-refractivity contribution in [1.29, 1.82) is 0 Å². The van der Waals surface area contributed by atoms with Gasteiger partial charge in [0.1, 0.15) is 0 Å². The zero-order valence-corrected chi connectivity index (χ0v) is 11.6. The van der Waals surface area contributed by atoms with Gasteiger partial charge in [-0.05, 0) is 18.2 Å². The maximum atomic E-state index is 11.8. The van der Waals surface area contributed by atoms with Crippen LogP contribution < -0.4 is 5.32 Å². The SMILES string of the molecule is COCC(CO)NC(=O)c1ccc(Br)cc1Cl. The van der Waals surface area contributed by atoms with Crippen molar-refractivity contribution in [3.63, 3.8) is 0 Å². The largest absolute Gasteiger partial charge is 0.394 e. The molecule has 0 aliphatic carbocycles. The molecule has 1 atom stereocenters. The second kappa shape index (κ2) is 6.96. The zero-order chi connectivity index (χ0) is 12.8. The molecule has 0 bridgehead atoms. The van der Waals surface area contributed by atoms with Gasteiger partial charge in [0.25, 0.3) is 5.91 Å². The van der Waals surface area contributed by atoms with E-state index in [2.05, 4.69) is 21.2 Å². The number of amides is 1. The molecule has 4 nitrogen and oxygen atoms in total. The Morgan fingerprint density at radius 1 is 1.65 bits per heavy atom. The second-order valence-corrected chi connectivity index (χ2v) is 4.76. The summed E-state index contributed by atoms with van der Waals surface area (Å²) in [5.74, 6) is -0.335. The minimum atomic E-state index is -0.438. The van der Waals surface area contributed by atoms with E-state index >= 15 is 0 Å². The molecule has 0 aliphatic rings. The maximum absolute atomic E-state index is 11.8. The molecule has 6 heteroatoms. The Hall–Kier alpha value is -0.620. The summed E-state index contributed by atoms with van der Waals surface area (Å²) < 4.78 is 5.67. The molecule has 0 spiro atoms. The Morgan fingerprint density at radius 3 is 2.88 bits per heavy atom. The molecular formula is C11H13BrClNO3. The van der Waals surface area contributed by atoms with Crippen LogP contribution in [-0.2, 0) is 4.74 Å². The van der Waals surface area contributed by atoms with Crippen molar-refractivity contribution in [3.8, 4) is 0 Å². The normalized spacial score (nSPS) is 12.2. The lowest BCUT2D eigenvalue weighted by Crippen LogP contribution is -2.40. The number of carbonyl (C=O) groups excluding carboxylic acids is 1. The summed E-state index contributed by atoms with van der Waals surface area (Å²) in [5.41, 5.74) is 0.365. The van der Waals surface area contributed by atoms with Crippen LogP contribution in [0.3, 0.4) is 0 Å². The molecule has 0 aromatic heterocycles. The van der Waals surface area contributed by atoms with Crippen LogP contribution in [0.25, 0.3) is 0 Å². The number of nitrogens with one attached hydrogen (secondary N) is 1. The van der Waals surface area contributed by atoms with E-state index in [9.17, 15) is 4.79 Å². The number of aliphatic hydroxyl groups is 1. The number of hydrogen-bond acceptors (Lipinski definition) is 3. The minimum absolute atomic E-state index is 0.187. The summed E-state index contributed by atoms with van der Waals surface area (Å²) in [6, 6.07) is 4.54. The van der Waals surface area contributed by atoms with E-state index in [1.54, 1.807) is 18.2 Å². The molecule has 0 fully saturated rings. The number of benzene rings is 1. The molecule has 94 valence electrons. The Morgan fingerprint density at radius 2 is 2.35 bits per heavy atom. The summed E-state index contributed by atoms with van der Waals surface area (Å²) in [5, 5.41) is 12.0. The lowest BCUT2D eigenvalue weighted by molar-refractivity contribution is 0.0840. The van der Waals surface area contributed by atoms with Gasteiger partial charge in [-0.3, -0.25) is 4.79 Å². The average Bonchev–Trinajstić information content (AvgIpc) is 2.28. The molecule has 0 radical (unpaired) electrons. The van der Waals surface area contributed by atoms with Crippen LogP contribution in [0.5, 0.6) is 0 Å². The maximum Gasteiger partial charge on any atom is 0.253 e. The first kappa shape index (κ1) is 14.4. The molecule has 1 aromatic rings. The number of carbonyl (C=O) groups is 1. The van der Waals surface area contributed by atoms with Gasteiger partial charge >= 0.3 is 0 Å². The molecule has 2 N–H and O–H groups in total. The van der Waals surface area contributed by atoms with E-state index in [1.807, 2.05) is 0 Å². The fraction of sp³-hybridized carbons (Fsp3) is 0.364. The minimum Gasteiger partial charge on any atom is -0.394 e. The van der Waals surface area contributed by atoms with Crippen LogP contribution >= 0.6 is 27.5 Å². The van der Waals surface area contributed by atoms with Crippen molar-refractivity contribution in [2.24, 2.45) is 0 Å². The summed E-state index contributed by atoms with van der Waals surface area (Å²) in [4.78, 5) is 11.8. The third kappa shape index (κ3) is 4.27. The number of methoxy groups -OCH3 is 1. The monoisotopic (exact) mass is 321 g/mol. The standard InChI is InChI=1S/C11H13BrClNO3/c1-17-6-8(5-15)14-11(16)9-3-2-7(12)4-10(9)13/h2-4,8,15H,5-6H2,1H3,(H,14,16). The first-order valence-corrected chi connectivity index (χ1v) is 6.11. The van der Waals surface area contributed by atoms with Gasteiger partial charge in [0, 0.05) is 11.6 Å². The van der Waals surface area contributed by atoms with E-state index in [0.29, 0.717) is 10.6 Å². The van der Waals surface area contributed by atoms with Crippen molar-refractivity contribution in [2.45, 2.75) is 6.04 Å². The number of hydrogen-bond donors (Lipinski definition) is 2. The molecule has 0 saturated heterocycles. The quantitative estimate of drug-likeness (QED) is 0.869. The molecule has 1 aromatic carbocycles. The van der Waals surface area contributed by atoms with E-state index in [0.717, 1.165) is 4.47 Å². The lowest BCUT2D eigenvalue weighted by Gasteiger charge is -2.15. The van der Waals surface area contributed by atoms with Crippen molar-refractivity contribution < 1.29 is 14.6 Å². The van der Waals surface area contributed by atoms with Gasteiger partial charge in [0.15, 0.2) is 0 Å². The summed E-state index contributed by atoms with van der Waals surface area (Å²) in [6.07, 6.45) is 0. The van der Waals surface area contributed by atoms with Crippen LogP contribution in [0.15, 0.2) is 22.7 Å². The van der Waals surface area contributed by atoms with Crippen LogP contribution in [0.1, 0.15) is 10.4 Å². The molecule has 1 amide bonds. The highest BCUT2D eigenvalue weighted by Crippen LogP contribution is 2.21. The Balaban J connectivity index is 2.75. The highest BCUT2D eigenvalue weighted by Gasteiger charge is 2.15. The molecule has 0 saturated carbocycles.